The number of carbonyl (C=O) groups is 3. The number of alkyl halides is 3. The maximum atomic E-state index is 14.1. The molecule has 1 fully saturated rings. The van der Waals surface area contributed by atoms with Gasteiger partial charge in [-0.2, -0.15) is 23.0 Å². The quantitative estimate of drug-likeness (QED) is 0.396. The highest BCUT2D eigenvalue weighted by atomic mass is 35.5. The molecule has 2 aromatic rings. The van der Waals surface area contributed by atoms with Gasteiger partial charge in [-0.3, -0.25) is 14.4 Å². The molecule has 0 amide bonds. The second kappa shape index (κ2) is 10.3. The molecule has 1 heterocycles. The molecule has 1 N–H and O–H groups in total. The molecule has 0 saturated heterocycles. The van der Waals surface area contributed by atoms with Gasteiger partial charge in [-0.05, 0) is 82.9 Å². The predicted molar refractivity (Wildman–Crippen MR) is 145 cm³/mol. The molecular formula is C30H32ClF3N2O5. The number of hydrogen-bond donors (Lipinski definition) is 1. The fourth-order valence-electron chi connectivity index (χ4n) is 5.97. The number of allylic oxidation sites excluding steroid dienone is 2. The highest BCUT2D eigenvalue weighted by Crippen LogP contribution is 2.60. The number of carboxylic acids is 1. The molecule has 0 bridgehead atoms. The van der Waals surface area contributed by atoms with Gasteiger partial charge in [-0.15, -0.1) is 0 Å². The van der Waals surface area contributed by atoms with E-state index in [9.17, 15) is 32.7 Å². The first-order valence-corrected chi connectivity index (χ1v) is 14.2. The van der Waals surface area contributed by atoms with E-state index in [1.54, 1.807) is 20.8 Å². The number of benzene rings is 1. The minimum atomic E-state index is -4.56. The first-order chi connectivity index (χ1) is 19.1. The third kappa shape index (κ3) is 5.43. The Kier molecular flexibility index (Phi) is 7.37. The lowest BCUT2D eigenvalue weighted by molar-refractivity contribution is -0.161. The molecule has 3 aliphatic rings. The lowest BCUT2D eigenvalue weighted by Gasteiger charge is -2.26. The molecule has 5 rings (SSSR count). The molecule has 41 heavy (non-hydrogen) atoms. The van der Waals surface area contributed by atoms with Crippen LogP contribution in [0, 0.1) is 11.8 Å². The Morgan fingerprint density at radius 1 is 1.10 bits per heavy atom. The first-order valence-electron chi connectivity index (χ1n) is 13.8. The van der Waals surface area contributed by atoms with Gasteiger partial charge in [0, 0.05) is 12.0 Å². The average molecular weight is 593 g/mol. The molecule has 7 nitrogen and oxygen atoms in total. The molecule has 0 aliphatic heterocycles. The monoisotopic (exact) mass is 592 g/mol. The van der Waals surface area contributed by atoms with Gasteiger partial charge in [0.15, 0.2) is 0 Å². The van der Waals surface area contributed by atoms with Crippen LogP contribution < -0.4 is 0 Å². The van der Waals surface area contributed by atoms with Crippen molar-refractivity contribution < 1.29 is 37.4 Å². The first kappa shape index (κ1) is 29.4. The van der Waals surface area contributed by atoms with Crippen molar-refractivity contribution in [2.75, 3.05) is 0 Å². The van der Waals surface area contributed by atoms with E-state index in [-0.39, 0.29) is 47.3 Å². The summed E-state index contributed by atoms with van der Waals surface area (Å²) in [5, 5.41) is 14.2. The van der Waals surface area contributed by atoms with Gasteiger partial charge in [0.05, 0.1) is 39.2 Å². The van der Waals surface area contributed by atoms with E-state index in [0.29, 0.717) is 49.1 Å². The number of esters is 1. The number of aromatic nitrogens is 2. The van der Waals surface area contributed by atoms with Crippen LogP contribution in [0.3, 0.4) is 0 Å². The number of nitrogens with zero attached hydrogens (tertiary/aromatic N) is 2. The zero-order valence-corrected chi connectivity index (χ0v) is 23.9. The molecule has 1 aromatic carbocycles. The van der Waals surface area contributed by atoms with Gasteiger partial charge in [0.25, 0.3) is 5.91 Å². The van der Waals surface area contributed by atoms with Gasteiger partial charge in [-0.1, -0.05) is 29.8 Å². The molecular weight excluding hydrogens is 561 g/mol. The lowest BCUT2D eigenvalue weighted by Crippen LogP contribution is -2.32. The van der Waals surface area contributed by atoms with E-state index >= 15 is 0 Å². The van der Waals surface area contributed by atoms with Crippen LogP contribution in [0.1, 0.15) is 92.2 Å². The summed E-state index contributed by atoms with van der Waals surface area (Å²) in [5.74, 6) is -3.19. The van der Waals surface area contributed by atoms with Crippen LogP contribution in [0.25, 0.3) is 5.57 Å². The van der Waals surface area contributed by atoms with Crippen molar-refractivity contribution in [2.45, 2.75) is 89.3 Å². The SMILES string of the molecule is CC(C)(C)OC(=O)C1CC=C(c2nn(C(=O)c3c(Cl)cccc3C3(C(F)(F)F)CC3)c3c2CC[C@H](C(=O)O)C3)CC1. The smallest absolute Gasteiger partial charge is 0.398 e. The Balaban J connectivity index is 1.55. The number of carbonyl (C=O) groups excluding carboxylic acids is 2. The van der Waals surface area contributed by atoms with Gasteiger partial charge in [0.1, 0.15) is 5.60 Å². The third-order valence-corrected chi connectivity index (χ3v) is 8.62. The Morgan fingerprint density at radius 2 is 1.78 bits per heavy atom. The number of carboxylic acid groups (broad SMARTS) is 1. The maximum Gasteiger partial charge on any atom is 0.398 e. The molecule has 1 unspecified atom stereocenters. The van der Waals surface area contributed by atoms with Gasteiger partial charge in [-0.25, -0.2) is 0 Å². The van der Waals surface area contributed by atoms with Gasteiger partial charge in [0.2, 0.25) is 0 Å². The van der Waals surface area contributed by atoms with Gasteiger partial charge < -0.3 is 9.84 Å². The molecule has 1 saturated carbocycles. The highest BCUT2D eigenvalue weighted by molar-refractivity contribution is 6.34. The van der Waals surface area contributed by atoms with Crippen LogP contribution in [0.2, 0.25) is 5.02 Å². The summed E-state index contributed by atoms with van der Waals surface area (Å²) in [6.45, 7) is 5.42. The highest BCUT2D eigenvalue weighted by Gasteiger charge is 2.65. The van der Waals surface area contributed by atoms with E-state index in [4.69, 9.17) is 16.3 Å². The Bertz CT molecular complexity index is 1450. The summed E-state index contributed by atoms with van der Waals surface area (Å²) < 4.78 is 48.9. The van der Waals surface area contributed by atoms with Crippen LogP contribution in [0.15, 0.2) is 24.3 Å². The van der Waals surface area contributed by atoms with E-state index in [2.05, 4.69) is 5.10 Å². The zero-order valence-electron chi connectivity index (χ0n) is 23.1. The summed E-state index contributed by atoms with van der Waals surface area (Å²) in [4.78, 5) is 38.5. The van der Waals surface area contributed by atoms with Crippen LogP contribution in [-0.4, -0.2) is 44.5 Å². The van der Waals surface area contributed by atoms with Gasteiger partial charge >= 0.3 is 18.1 Å². The second-order valence-electron chi connectivity index (χ2n) is 12.2. The molecule has 2 atom stereocenters. The van der Waals surface area contributed by atoms with Crippen molar-refractivity contribution in [3.8, 4) is 0 Å². The largest absolute Gasteiger partial charge is 0.481 e. The number of ether oxygens (including phenoxy) is 1. The van der Waals surface area contributed by atoms with Crippen molar-refractivity contribution in [3.63, 3.8) is 0 Å². The van der Waals surface area contributed by atoms with E-state index in [1.807, 2.05) is 6.08 Å². The molecule has 1 aromatic heterocycles. The van der Waals surface area contributed by atoms with E-state index in [0.717, 1.165) is 10.3 Å². The molecule has 0 radical (unpaired) electrons. The minimum Gasteiger partial charge on any atom is -0.481 e. The Labute approximate surface area is 240 Å². The van der Waals surface area contributed by atoms with Crippen molar-refractivity contribution in [1.82, 2.24) is 9.78 Å². The van der Waals surface area contributed by atoms with Crippen LogP contribution in [0.4, 0.5) is 13.2 Å². The molecule has 11 heteroatoms. The van der Waals surface area contributed by atoms with Crippen LogP contribution >= 0.6 is 11.6 Å². The Morgan fingerprint density at radius 3 is 2.34 bits per heavy atom. The van der Waals surface area contributed by atoms with Crippen molar-refractivity contribution in [2.24, 2.45) is 11.8 Å². The molecule has 3 aliphatic carbocycles. The number of rotatable bonds is 5. The minimum absolute atomic E-state index is 0.0153. The van der Waals surface area contributed by atoms with Crippen molar-refractivity contribution in [1.29, 1.82) is 0 Å². The number of fused-ring (bicyclic) bond motifs is 1. The number of hydrogen-bond acceptors (Lipinski definition) is 5. The topological polar surface area (TPSA) is 98.5 Å². The number of halogens is 4. The van der Waals surface area contributed by atoms with Crippen LogP contribution in [0.5, 0.6) is 0 Å². The van der Waals surface area contributed by atoms with E-state index in [1.165, 1.54) is 18.2 Å². The molecule has 0 spiro atoms. The fraction of sp³-hybridized carbons (Fsp3) is 0.533. The third-order valence-electron chi connectivity index (χ3n) is 8.30. The second-order valence-corrected chi connectivity index (χ2v) is 12.7. The summed E-state index contributed by atoms with van der Waals surface area (Å²) >= 11 is 6.39. The predicted octanol–water partition coefficient (Wildman–Crippen LogP) is 6.53. The summed E-state index contributed by atoms with van der Waals surface area (Å²) in [6.07, 6.45) is -0.840. The Hall–Kier alpha value is -3.14. The lowest BCUT2D eigenvalue weighted by atomic mass is 9.82. The summed E-state index contributed by atoms with van der Waals surface area (Å²) in [5.41, 5.74) is -0.782. The van der Waals surface area contributed by atoms with Crippen molar-refractivity contribution >= 4 is 35.0 Å². The standard InChI is InChI=1S/C30H32ClF3N2O5/c1-28(2,3)41-27(40)17-9-7-16(8-10-17)24-19-12-11-18(26(38)39)15-22(19)36(35-24)25(37)23-20(5-4-6-21(23)31)29(13-14-29)30(32,33)34/h4-7,17-18H,8-15H2,1-3H3,(H,38,39)/t17?,18-/m0/s1. The van der Waals surface area contributed by atoms with Crippen LogP contribution in [-0.2, 0) is 32.6 Å². The summed E-state index contributed by atoms with van der Waals surface area (Å²) in [6, 6.07) is 4.07. The zero-order chi connectivity index (χ0) is 29.9. The van der Waals surface area contributed by atoms with Crippen molar-refractivity contribution in [3.05, 3.63) is 57.4 Å². The maximum absolute atomic E-state index is 14.1. The number of aliphatic carboxylic acids is 1. The van der Waals surface area contributed by atoms with E-state index < -0.39 is 35.0 Å². The average Bonchev–Trinajstić information content (AvgIpc) is 3.63. The normalized spacial score (nSPS) is 22.0. The fourth-order valence-corrected chi connectivity index (χ4v) is 6.23. The summed E-state index contributed by atoms with van der Waals surface area (Å²) in [7, 11) is 0. The molecule has 220 valence electrons.